The first-order valence-electron chi connectivity index (χ1n) is 7.35. The third-order valence-electron chi connectivity index (χ3n) is 4.14. The standard InChI is InChI=1S/C17H17N3O3/c1-12(13-6-4-3-5-7-13)19-16-9-8-15(20(22)23)10-14(16)11-18(2)17(19)21/h3-10,12H,11H2,1-2H3. The lowest BCUT2D eigenvalue weighted by Gasteiger charge is -2.38. The maximum absolute atomic E-state index is 12.6. The number of benzene rings is 2. The molecule has 1 atom stereocenters. The smallest absolute Gasteiger partial charge is 0.323 e. The summed E-state index contributed by atoms with van der Waals surface area (Å²) in [6, 6.07) is 14.1. The highest BCUT2D eigenvalue weighted by Gasteiger charge is 2.33. The number of nitro groups is 1. The summed E-state index contributed by atoms with van der Waals surface area (Å²) in [7, 11) is 1.70. The number of nitro benzene ring substituents is 1. The number of hydrogen-bond donors (Lipinski definition) is 0. The van der Waals surface area contributed by atoms with Crippen molar-refractivity contribution in [3.05, 3.63) is 69.8 Å². The average molecular weight is 311 g/mol. The van der Waals surface area contributed by atoms with Crippen LogP contribution in [-0.4, -0.2) is 22.9 Å². The molecule has 118 valence electrons. The van der Waals surface area contributed by atoms with Gasteiger partial charge in [-0.15, -0.1) is 0 Å². The van der Waals surface area contributed by atoms with E-state index < -0.39 is 4.92 Å². The predicted molar refractivity (Wildman–Crippen MR) is 87.3 cm³/mol. The molecule has 0 aliphatic carbocycles. The Hall–Kier alpha value is -2.89. The summed E-state index contributed by atoms with van der Waals surface area (Å²) in [5.74, 6) is 0. The summed E-state index contributed by atoms with van der Waals surface area (Å²) in [4.78, 5) is 26.5. The summed E-state index contributed by atoms with van der Waals surface area (Å²) in [5, 5.41) is 11.0. The third kappa shape index (κ3) is 2.63. The van der Waals surface area contributed by atoms with Crippen LogP contribution in [-0.2, 0) is 6.54 Å². The van der Waals surface area contributed by atoms with Crippen LogP contribution in [0, 0.1) is 10.1 Å². The van der Waals surface area contributed by atoms with Crippen molar-refractivity contribution in [1.29, 1.82) is 0 Å². The number of hydrogen-bond acceptors (Lipinski definition) is 3. The van der Waals surface area contributed by atoms with Gasteiger partial charge in [-0.05, 0) is 18.6 Å². The van der Waals surface area contributed by atoms with Crippen molar-refractivity contribution in [2.45, 2.75) is 19.5 Å². The Bertz CT molecular complexity index is 761. The first-order valence-corrected chi connectivity index (χ1v) is 7.35. The lowest BCUT2D eigenvalue weighted by molar-refractivity contribution is -0.384. The average Bonchev–Trinajstić information content (AvgIpc) is 2.56. The number of non-ortho nitro benzene ring substituents is 1. The van der Waals surface area contributed by atoms with E-state index in [-0.39, 0.29) is 17.8 Å². The first kappa shape index (κ1) is 15.0. The Morgan fingerprint density at radius 2 is 1.87 bits per heavy atom. The van der Waals surface area contributed by atoms with Gasteiger partial charge in [0.25, 0.3) is 5.69 Å². The van der Waals surface area contributed by atoms with Gasteiger partial charge in [0.1, 0.15) is 0 Å². The zero-order chi connectivity index (χ0) is 16.6. The summed E-state index contributed by atoms with van der Waals surface area (Å²) < 4.78 is 0. The van der Waals surface area contributed by atoms with E-state index in [0.717, 1.165) is 16.8 Å². The molecule has 2 aromatic rings. The normalized spacial score (nSPS) is 15.3. The molecule has 23 heavy (non-hydrogen) atoms. The maximum Gasteiger partial charge on any atom is 0.325 e. The van der Waals surface area contributed by atoms with Crippen LogP contribution >= 0.6 is 0 Å². The molecule has 1 heterocycles. The van der Waals surface area contributed by atoms with E-state index in [1.165, 1.54) is 6.07 Å². The molecule has 0 bridgehead atoms. The quantitative estimate of drug-likeness (QED) is 0.641. The van der Waals surface area contributed by atoms with Gasteiger partial charge in [-0.2, -0.15) is 0 Å². The Labute approximate surface area is 134 Å². The molecular formula is C17H17N3O3. The molecule has 6 heteroatoms. The van der Waals surface area contributed by atoms with Gasteiger partial charge < -0.3 is 4.90 Å². The number of rotatable bonds is 3. The van der Waals surface area contributed by atoms with Gasteiger partial charge in [0.05, 0.1) is 16.7 Å². The molecule has 0 spiro atoms. The van der Waals surface area contributed by atoms with E-state index >= 15 is 0 Å². The molecule has 1 aliphatic heterocycles. The predicted octanol–water partition coefficient (Wildman–Crippen LogP) is 3.73. The fourth-order valence-electron chi connectivity index (χ4n) is 2.91. The van der Waals surface area contributed by atoms with Crippen LogP contribution in [0.3, 0.4) is 0 Å². The van der Waals surface area contributed by atoms with Gasteiger partial charge in [0.2, 0.25) is 0 Å². The van der Waals surface area contributed by atoms with Gasteiger partial charge in [-0.25, -0.2) is 4.79 Å². The Morgan fingerprint density at radius 1 is 1.17 bits per heavy atom. The van der Waals surface area contributed by atoms with E-state index in [9.17, 15) is 14.9 Å². The molecule has 0 aromatic heterocycles. The minimum absolute atomic E-state index is 0.0406. The number of anilines is 1. The molecule has 0 fully saturated rings. The van der Waals surface area contributed by atoms with Gasteiger partial charge >= 0.3 is 6.03 Å². The second-order valence-electron chi connectivity index (χ2n) is 5.67. The highest BCUT2D eigenvalue weighted by molar-refractivity contribution is 5.95. The van der Waals surface area contributed by atoms with Gasteiger partial charge in [-0.1, -0.05) is 30.3 Å². The Morgan fingerprint density at radius 3 is 2.52 bits per heavy atom. The number of urea groups is 1. The fourth-order valence-corrected chi connectivity index (χ4v) is 2.91. The minimum atomic E-state index is -0.415. The Kier molecular flexibility index (Phi) is 3.73. The van der Waals surface area contributed by atoms with Crippen LogP contribution in [0.25, 0.3) is 0 Å². The van der Waals surface area contributed by atoms with Crippen LogP contribution in [0.15, 0.2) is 48.5 Å². The number of nitrogens with zero attached hydrogens (tertiary/aromatic N) is 3. The highest BCUT2D eigenvalue weighted by atomic mass is 16.6. The van der Waals surface area contributed by atoms with Crippen molar-refractivity contribution in [3.8, 4) is 0 Å². The van der Waals surface area contributed by atoms with E-state index in [1.807, 2.05) is 37.3 Å². The van der Waals surface area contributed by atoms with E-state index in [4.69, 9.17) is 0 Å². The van der Waals surface area contributed by atoms with E-state index in [2.05, 4.69) is 0 Å². The summed E-state index contributed by atoms with van der Waals surface area (Å²) in [6.07, 6.45) is 0. The van der Waals surface area contributed by atoms with E-state index in [1.54, 1.807) is 29.0 Å². The molecule has 3 rings (SSSR count). The second kappa shape index (κ2) is 5.72. The summed E-state index contributed by atoms with van der Waals surface area (Å²) in [6.45, 7) is 2.32. The SMILES string of the molecule is CC(c1ccccc1)N1C(=O)N(C)Cc2cc([N+](=O)[O-])ccc21. The van der Waals surface area contributed by atoms with Crippen molar-refractivity contribution in [3.63, 3.8) is 0 Å². The van der Waals surface area contributed by atoms with E-state index in [0.29, 0.717) is 6.54 Å². The number of carbonyl (C=O) groups excluding carboxylic acids is 1. The van der Waals surface area contributed by atoms with Gasteiger partial charge in [-0.3, -0.25) is 15.0 Å². The summed E-state index contributed by atoms with van der Waals surface area (Å²) >= 11 is 0. The van der Waals surface area contributed by atoms with Crippen LogP contribution in [0.1, 0.15) is 24.1 Å². The molecule has 6 nitrogen and oxygen atoms in total. The second-order valence-corrected chi connectivity index (χ2v) is 5.67. The maximum atomic E-state index is 12.6. The lowest BCUT2D eigenvalue weighted by Crippen LogP contribution is -2.46. The van der Waals surface area contributed by atoms with Gasteiger partial charge in [0.15, 0.2) is 0 Å². The van der Waals surface area contributed by atoms with Crippen LogP contribution in [0.4, 0.5) is 16.2 Å². The molecule has 0 radical (unpaired) electrons. The molecule has 1 unspecified atom stereocenters. The molecule has 0 saturated heterocycles. The van der Waals surface area contributed by atoms with Crippen molar-refractivity contribution in [1.82, 2.24) is 4.90 Å². The molecule has 2 aromatic carbocycles. The first-order chi connectivity index (χ1) is 11.0. The molecule has 1 aliphatic rings. The van der Waals surface area contributed by atoms with Crippen LogP contribution in [0.5, 0.6) is 0 Å². The van der Waals surface area contributed by atoms with Crippen molar-refractivity contribution < 1.29 is 9.72 Å². The third-order valence-corrected chi connectivity index (χ3v) is 4.14. The zero-order valence-electron chi connectivity index (χ0n) is 13.0. The van der Waals surface area contributed by atoms with Crippen molar-refractivity contribution in [2.24, 2.45) is 0 Å². The molecule has 2 amide bonds. The topological polar surface area (TPSA) is 66.7 Å². The highest BCUT2D eigenvalue weighted by Crippen LogP contribution is 2.36. The van der Waals surface area contributed by atoms with Crippen molar-refractivity contribution in [2.75, 3.05) is 11.9 Å². The zero-order valence-corrected chi connectivity index (χ0v) is 13.0. The monoisotopic (exact) mass is 311 g/mol. The fraction of sp³-hybridized carbons (Fsp3) is 0.235. The molecule has 0 saturated carbocycles. The van der Waals surface area contributed by atoms with Crippen LogP contribution in [0.2, 0.25) is 0 Å². The Balaban J connectivity index is 2.07. The van der Waals surface area contributed by atoms with Crippen molar-refractivity contribution >= 4 is 17.4 Å². The van der Waals surface area contributed by atoms with Gasteiger partial charge in [0, 0.05) is 31.3 Å². The minimum Gasteiger partial charge on any atom is -0.323 e. The summed E-state index contributed by atoms with van der Waals surface area (Å²) in [5.41, 5.74) is 2.57. The number of carbonyl (C=O) groups is 1. The molecular weight excluding hydrogens is 294 g/mol. The molecule has 0 N–H and O–H groups in total. The lowest BCUT2D eigenvalue weighted by atomic mass is 10.0. The number of amides is 2. The number of fused-ring (bicyclic) bond motifs is 1. The van der Waals surface area contributed by atoms with Crippen LogP contribution < -0.4 is 4.90 Å². The largest absolute Gasteiger partial charge is 0.325 e.